The normalized spacial score (nSPS) is 14.1. The monoisotopic (exact) mass is 474 g/mol. The summed E-state index contributed by atoms with van der Waals surface area (Å²) in [5, 5.41) is 10.7. The number of carbonyl (C=O) groups is 3. The van der Waals surface area contributed by atoms with E-state index in [-0.39, 0.29) is 24.2 Å². The van der Waals surface area contributed by atoms with Crippen LogP contribution in [-0.4, -0.2) is 40.5 Å². The van der Waals surface area contributed by atoms with Crippen molar-refractivity contribution in [3.8, 4) is 0 Å². The molecule has 0 spiro atoms. The molecule has 8 nitrogen and oxygen atoms in total. The highest BCUT2D eigenvalue weighted by Crippen LogP contribution is 2.26. The van der Waals surface area contributed by atoms with E-state index in [0.717, 1.165) is 18.4 Å². The van der Waals surface area contributed by atoms with Crippen LogP contribution < -0.4 is 16.6 Å². The molecular weight excluding hydrogens is 432 g/mol. The lowest BCUT2D eigenvalue weighted by atomic mass is 9.82. The van der Waals surface area contributed by atoms with Gasteiger partial charge in [-0.25, -0.2) is 5.48 Å². The van der Waals surface area contributed by atoms with E-state index in [4.69, 9.17) is 5.73 Å². The van der Waals surface area contributed by atoms with E-state index in [1.54, 1.807) is 12.4 Å². The van der Waals surface area contributed by atoms with Gasteiger partial charge in [0.25, 0.3) is 5.91 Å². The van der Waals surface area contributed by atoms with Crippen LogP contribution in [0.15, 0.2) is 36.4 Å². The molecule has 0 unspecified atom stereocenters. The first-order valence-electron chi connectivity index (χ1n) is 12.2. The summed E-state index contributed by atoms with van der Waals surface area (Å²) in [6, 6.07) is 8.84. The third-order valence-corrected chi connectivity index (χ3v) is 5.99. The van der Waals surface area contributed by atoms with Gasteiger partial charge in [-0.1, -0.05) is 83.0 Å². The van der Waals surface area contributed by atoms with Crippen LogP contribution in [0.5, 0.6) is 0 Å². The van der Waals surface area contributed by atoms with E-state index in [1.165, 1.54) is 5.01 Å². The molecule has 0 aliphatic carbocycles. The smallest absolute Gasteiger partial charge is 0.257 e. The van der Waals surface area contributed by atoms with Crippen molar-refractivity contribution < 1.29 is 19.6 Å². The van der Waals surface area contributed by atoms with Gasteiger partial charge >= 0.3 is 0 Å². The molecule has 3 atom stereocenters. The van der Waals surface area contributed by atoms with Crippen molar-refractivity contribution in [3.05, 3.63) is 42.0 Å². The van der Waals surface area contributed by atoms with Gasteiger partial charge in [0.05, 0.1) is 17.9 Å². The summed E-state index contributed by atoms with van der Waals surface area (Å²) in [7, 11) is 0. The number of hydrogen-bond donors (Lipinski definition) is 4. The number of nitrogens with zero attached hydrogens (tertiary/aromatic N) is 1. The summed E-state index contributed by atoms with van der Waals surface area (Å²) in [6.07, 6.45) is 6.06. The number of nitrogens with two attached hydrogens (primary N) is 1. The van der Waals surface area contributed by atoms with Gasteiger partial charge in [-0.15, -0.1) is 0 Å². The molecular formula is C26H42N4O4. The van der Waals surface area contributed by atoms with Crippen LogP contribution in [0, 0.1) is 23.7 Å². The van der Waals surface area contributed by atoms with Crippen molar-refractivity contribution in [2.75, 3.05) is 6.54 Å². The van der Waals surface area contributed by atoms with Crippen molar-refractivity contribution in [1.29, 1.82) is 0 Å². The van der Waals surface area contributed by atoms with Gasteiger partial charge in [0, 0.05) is 6.54 Å². The number of nitrogens with one attached hydrogen (secondary N) is 2. The molecule has 0 bridgehead atoms. The Bertz CT molecular complexity index is 791. The van der Waals surface area contributed by atoms with Crippen LogP contribution in [0.2, 0.25) is 0 Å². The molecule has 0 saturated carbocycles. The van der Waals surface area contributed by atoms with Gasteiger partial charge in [0.2, 0.25) is 11.8 Å². The van der Waals surface area contributed by atoms with Crippen LogP contribution in [0.3, 0.4) is 0 Å². The summed E-state index contributed by atoms with van der Waals surface area (Å²) in [5.41, 5.74) is 11.3. The van der Waals surface area contributed by atoms with Crippen molar-refractivity contribution in [3.63, 3.8) is 0 Å². The third kappa shape index (κ3) is 9.65. The molecule has 0 radical (unpaired) electrons. The van der Waals surface area contributed by atoms with Crippen LogP contribution in [0.25, 0.3) is 6.08 Å². The lowest BCUT2D eigenvalue weighted by molar-refractivity contribution is -0.148. The van der Waals surface area contributed by atoms with Crippen LogP contribution in [0.4, 0.5) is 0 Å². The first-order valence-corrected chi connectivity index (χ1v) is 12.2. The first kappa shape index (κ1) is 29.3. The summed E-state index contributed by atoms with van der Waals surface area (Å²) in [5.74, 6) is -2.70. The maximum atomic E-state index is 13.4. The number of hydrogen-bond acceptors (Lipinski definition) is 5. The predicted octanol–water partition coefficient (Wildman–Crippen LogP) is 3.52. The Morgan fingerprint density at radius 1 is 1.03 bits per heavy atom. The molecule has 5 N–H and O–H groups in total. The number of rotatable bonds is 13. The van der Waals surface area contributed by atoms with E-state index < -0.39 is 29.7 Å². The van der Waals surface area contributed by atoms with Crippen LogP contribution in [0.1, 0.15) is 65.9 Å². The SMILES string of the molecule is CCC(CC)CN(NC(=O)[C@H](CC(C)C)[C@H](CC=Cc1ccccc1)C(=O)NO)C(=O)[C@@H](C)N. The van der Waals surface area contributed by atoms with E-state index in [0.29, 0.717) is 13.0 Å². The molecule has 1 aromatic rings. The lowest BCUT2D eigenvalue weighted by Gasteiger charge is -2.32. The van der Waals surface area contributed by atoms with E-state index >= 15 is 0 Å². The number of hydrazine groups is 1. The highest BCUT2D eigenvalue weighted by molar-refractivity contribution is 5.89. The molecule has 1 rings (SSSR count). The Labute approximate surface area is 203 Å². The molecule has 190 valence electrons. The maximum absolute atomic E-state index is 13.4. The molecule has 8 heteroatoms. The Hall–Kier alpha value is -2.71. The fraction of sp³-hybridized carbons (Fsp3) is 0.577. The highest BCUT2D eigenvalue weighted by Gasteiger charge is 2.35. The molecule has 0 aromatic heterocycles. The first-order chi connectivity index (χ1) is 16.1. The topological polar surface area (TPSA) is 125 Å². The summed E-state index contributed by atoms with van der Waals surface area (Å²) >= 11 is 0. The fourth-order valence-corrected chi connectivity index (χ4v) is 3.87. The Morgan fingerprint density at radius 2 is 1.65 bits per heavy atom. The van der Waals surface area contributed by atoms with E-state index in [2.05, 4.69) is 5.43 Å². The third-order valence-electron chi connectivity index (χ3n) is 5.99. The maximum Gasteiger partial charge on any atom is 0.257 e. The number of benzene rings is 1. The Balaban J connectivity index is 3.17. The lowest BCUT2D eigenvalue weighted by Crippen LogP contribution is -2.55. The zero-order chi connectivity index (χ0) is 25.7. The number of allylic oxidation sites excluding steroid dienone is 1. The van der Waals surface area contributed by atoms with Crippen molar-refractivity contribution >= 4 is 23.8 Å². The second kappa shape index (κ2) is 15.2. The molecule has 3 amide bonds. The second-order valence-electron chi connectivity index (χ2n) is 9.26. The molecule has 0 aliphatic heterocycles. The zero-order valence-corrected chi connectivity index (χ0v) is 21.2. The van der Waals surface area contributed by atoms with E-state index in [9.17, 15) is 19.6 Å². The highest BCUT2D eigenvalue weighted by atomic mass is 16.5. The molecule has 0 fully saturated rings. The van der Waals surface area contributed by atoms with Gasteiger partial charge in [-0.2, -0.15) is 0 Å². The number of amides is 3. The zero-order valence-electron chi connectivity index (χ0n) is 21.2. The van der Waals surface area contributed by atoms with Gasteiger partial charge in [-0.3, -0.25) is 30.0 Å². The molecule has 1 aromatic carbocycles. The number of hydroxylamine groups is 1. The van der Waals surface area contributed by atoms with Crippen molar-refractivity contribution in [1.82, 2.24) is 15.9 Å². The Kier molecular flexibility index (Phi) is 13.1. The standard InChI is InChI=1S/C26H42N4O4/c1-6-20(7-2)17-30(26(33)19(5)27)28-24(31)23(16-18(3)4)22(25(32)29-34)15-11-14-21-12-9-8-10-13-21/h8-14,18-20,22-23,34H,6-7,15-17,27H2,1-5H3,(H,28,31)(H,29,32)/t19-,22+,23-/m1/s1. The van der Waals surface area contributed by atoms with Crippen LogP contribution in [-0.2, 0) is 14.4 Å². The summed E-state index contributed by atoms with van der Waals surface area (Å²) in [4.78, 5) is 38.8. The molecule has 0 saturated heterocycles. The second-order valence-corrected chi connectivity index (χ2v) is 9.26. The average Bonchev–Trinajstić information content (AvgIpc) is 2.82. The minimum absolute atomic E-state index is 0.111. The predicted molar refractivity (Wildman–Crippen MR) is 134 cm³/mol. The van der Waals surface area contributed by atoms with E-state index in [1.807, 2.05) is 70.2 Å². The fourth-order valence-electron chi connectivity index (χ4n) is 3.87. The minimum atomic E-state index is -0.812. The number of carbonyl (C=O) groups excluding carboxylic acids is 3. The molecule has 0 aliphatic rings. The largest absolute Gasteiger partial charge is 0.320 e. The van der Waals surface area contributed by atoms with Gasteiger partial charge in [0.15, 0.2) is 0 Å². The quantitative estimate of drug-likeness (QED) is 0.257. The van der Waals surface area contributed by atoms with Gasteiger partial charge in [-0.05, 0) is 37.2 Å². The van der Waals surface area contributed by atoms with Gasteiger partial charge in [0.1, 0.15) is 0 Å². The molecule has 34 heavy (non-hydrogen) atoms. The molecule has 0 heterocycles. The van der Waals surface area contributed by atoms with Crippen LogP contribution >= 0.6 is 0 Å². The van der Waals surface area contributed by atoms with Crippen molar-refractivity contribution in [2.45, 2.75) is 66.3 Å². The van der Waals surface area contributed by atoms with Gasteiger partial charge < -0.3 is 5.73 Å². The minimum Gasteiger partial charge on any atom is -0.320 e. The summed E-state index contributed by atoms with van der Waals surface area (Å²) in [6.45, 7) is 9.92. The summed E-state index contributed by atoms with van der Waals surface area (Å²) < 4.78 is 0. The Morgan fingerprint density at radius 3 is 2.15 bits per heavy atom. The van der Waals surface area contributed by atoms with Crippen molar-refractivity contribution in [2.24, 2.45) is 29.4 Å². The average molecular weight is 475 g/mol.